The number of fused-ring (bicyclic) bond motifs is 1. The topological polar surface area (TPSA) is 38.7 Å². The van der Waals surface area contributed by atoms with E-state index >= 15 is 0 Å². The predicted molar refractivity (Wildman–Crippen MR) is 64.6 cm³/mol. The quantitative estimate of drug-likeness (QED) is 0.810. The second kappa shape index (κ2) is 3.91. The Morgan fingerprint density at radius 2 is 2.00 bits per heavy atom. The molecule has 1 N–H and O–H groups in total. The van der Waals surface area contributed by atoms with Gasteiger partial charge < -0.3 is 14.6 Å². The first-order valence-electron chi connectivity index (χ1n) is 6.26. The van der Waals surface area contributed by atoms with Gasteiger partial charge in [0.1, 0.15) is 13.2 Å². The first-order valence-corrected chi connectivity index (χ1v) is 6.26. The number of aliphatic hydroxyl groups is 1. The van der Waals surface area contributed by atoms with Crippen molar-refractivity contribution in [3.8, 4) is 11.5 Å². The van der Waals surface area contributed by atoms with Gasteiger partial charge in [0.15, 0.2) is 11.5 Å². The number of hydrogen-bond acceptors (Lipinski definition) is 3. The molecule has 0 bridgehead atoms. The van der Waals surface area contributed by atoms with Gasteiger partial charge >= 0.3 is 0 Å². The van der Waals surface area contributed by atoms with Gasteiger partial charge in [-0.15, -0.1) is 0 Å². The lowest BCUT2D eigenvalue weighted by Crippen LogP contribution is -2.20. The van der Waals surface area contributed by atoms with Crippen molar-refractivity contribution in [3.05, 3.63) is 23.8 Å². The summed E-state index contributed by atoms with van der Waals surface area (Å²) in [5, 5.41) is 9.71. The van der Waals surface area contributed by atoms with Crippen molar-refractivity contribution in [2.75, 3.05) is 13.2 Å². The smallest absolute Gasteiger partial charge is 0.161 e. The molecule has 1 aliphatic heterocycles. The fourth-order valence-corrected chi connectivity index (χ4v) is 2.89. The molecule has 0 amide bonds. The van der Waals surface area contributed by atoms with E-state index in [4.69, 9.17) is 9.47 Å². The van der Waals surface area contributed by atoms with Gasteiger partial charge in [0.2, 0.25) is 0 Å². The lowest BCUT2D eigenvalue weighted by molar-refractivity contribution is 0.169. The summed E-state index contributed by atoms with van der Waals surface area (Å²) in [6.45, 7) is 3.47. The van der Waals surface area contributed by atoms with E-state index in [0.29, 0.717) is 13.2 Å². The Hall–Kier alpha value is -1.22. The molecule has 92 valence electrons. The van der Waals surface area contributed by atoms with E-state index in [1.807, 2.05) is 6.07 Å². The highest BCUT2D eigenvalue weighted by atomic mass is 16.6. The van der Waals surface area contributed by atoms with Crippen LogP contribution in [0.3, 0.4) is 0 Å². The molecular formula is C14H18O3. The van der Waals surface area contributed by atoms with Gasteiger partial charge in [-0.1, -0.05) is 13.0 Å². The summed E-state index contributed by atoms with van der Waals surface area (Å²) < 4.78 is 11.1. The van der Waals surface area contributed by atoms with Crippen LogP contribution in [0.1, 0.15) is 31.7 Å². The van der Waals surface area contributed by atoms with Gasteiger partial charge in [-0.3, -0.25) is 0 Å². The van der Waals surface area contributed by atoms with E-state index in [1.54, 1.807) is 0 Å². The van der Waals surface area contributed by atoms with Crippen molar-refractivity contribution in [1.29, 1.82) is 0 Å². The van der Waals surface area contributed by atoms with Crippen LogP contribution in [0.15, 0.2) is 18.2 Å². The second-order valence-corrected chi connectivity index (χ2v) is 5.32. The lowest BCUT2D eigenvalue weighted by atomic mass is 9.81. The lowest BCUT2D eigenvalue weighted by Gasteiger charge is -2.27. The Bertz CT molecular complexity index is 429. The van der Waals surface area contributed by atoms with E-state index in [2.05, 4.69) is 19.1 Å². The highest BCUT2D eigenvalue weighted by molar-refractivity contribution is 5.46. The summed E-state index contributed by atoms with van der Waals surface area (Å²) >= 11 is 0. The van der Waals surface area contributed by atoms with Crippen molar-refractivity contribution < 1.29 is 14.6 Å². The van der Waals surface area contributed by atoms with Gasteiger partial charge in [0, 0.05) is 0 Å². The molecule has 1 saturated carbocycles. The average molecular weight is 234 g/mol. The Balaban J connectivity index is 1.93. The molecule has 1 heterocycles. The Morgan fingerprint density at radius 3 is 2.71 bits per heavy atom. The molecule has 0 saturated heterocycles. The van der Waals surface area contributed by atoms with Crippen molar-refractivity contribution in [1.82, 2.24) is 0 Å². The molecule has 2 aliphatic rings. The maximum atomic E-state index is 9.71. The zero-order chi connectivity index (χ0) is 11.9. The first-order chi connectivity index (χ1) is 8.17. The molecule has 1 aromatic rings. The van der Waals surface area contributed by atoms with Crippen LogP contribution in [0.5, 0.6) is 11.5 Å². The van der Waals surface area contributed by atoms with Crippen LogP contribution < -0.4 is 9.47 Å². The third-order valence-electron chi connectivity index (χ3n) is 3.95. The number of aliphatic hydroxyl groups excluding tert-OH is 1. The minimum absolute atomic E-state index is 0.0786. The number of rotatable bonds is 1. The van der Waals surface area contributed by atoms with Crippen LogP contribution in [-0.4, -0.2) is 24.4 Å². The zero-order valence-electron chi connectivity index (χ0n) is 10.1. The van der Waals surface area contributed by atoms with E-state index in [9.17, 15) is 5.11 Å². The highest BCUT2D eigenvalue weighted by Gasteiger charge is 2.36. The summed E-state index contributed by atoms with van der Waals surface area (Å²) in [5.74, 6) is 1.68. The summed E-state index contributed by atoms with van der Waals surface area (Å²) in [6.07, 6.45) is 2.61. The molecular weight excluding hydrogens is 216 g/mol. The maximum absolute atomic E-state index is 9.71. The van der Waals surface area contributed by atoms with E-state index in [-0.39, 0.29) is 11.5 Å². The van der Waals surface area contributed by atoms with E-state index < -0.39 is 0 Å². The fourth-order valence-electron chi connectivity index (χ4n) is 2.89. The van der Waals surface area contributed by atoms with Crippen molar-refractivity contribution in [2.24, 2.45) is 0 Å². The molecule has 2 atom stereocenters. The monoisotopic (exact) mass is 234 g/mol. The molecule has 2 unspecified atom stereocenters. The molecule has 1 fully saturated rings. The molecule has 0 spiro atoms. The van der Waals surface area contributed by atoms with Gasteiger partial charge in [-0.05, 0) is 42.4 Å². The largest absolute Gasteiger partial charge is 0.486 e. The summed E-state index contributed by atoms with van der Waals surface area (Å²) in [4.78, 5) is 0. The highest BCUT2D eigenvalue weighted by Crippen LogP contribution is 2.43. The standard InChI is InChI=1S/C14H18O3/c1-14(5-4-11(15)9-14)10-2-3-12-13(8-10)17-7-6-16-12/h2-3,8,11,15H,4-7,9H2,1H3. The number of hydrogen-bond donors (Lipinski definition) is 1. The molecule has 17 heavy (non-hydrogen) atoms. The van der Waals surface area contributed by atoms with Crippen LogP contribution in [0, 0.1) is 0 Å². The minimum Gasteiger partial charge on any atom is -0.486 e. The van der Waals surface area contributed by atoms with Crippen LogP contribution >= 0.6 is 0 Å². The normalized spacial score (nSPS) is 31.5. The zero-order valence-corrected chi connectivity index (χ0v) is 10.1. The van der Waals surface area contributed by atoms with Gasteiger partial charge in [-0.2, -0.15) is 0 Å². The average Bonchev–Trinajstić information content (AvgIpc) is 2.70. The Labute approximate surface area is 101 Å². The first kappa shape index (κ1) is 10.9. The second-order valence-electron chi connectivity index (χ2n) is 5.32. The third-order valence-corrected chi connectivity index (χ3v) is 3.95. The Morgan fingerprint density at radius 1 is 1.24 bits per heavy atom. The van der Waals surface area contributed by atoms with Crippen molar-refractivity contribution >= 4 is 0 Å². The van der Waals surface area contributed by atoms with Crippen molar-refractivity contribution in [3.63, 3.8) is 0 Å². The van der Waals surface area contributed by atoms with Crippen LogP contribution in [-0.2, 0) is 5.41 Å². The molecule has 1 aromatic carbocycles. The predicted octanol–water partition coefficient (Wildman–Crippen LogP) is 2.26. The summed E-state index contributed by atoms with van der Waals surface area (Å²) in [7, 11) is 0. The minimum atomic E-state index is -0.159. The maximum Gasteiger partial charge on any atom is 0.161 e. The van der Waals surface area contributed by atoms with Crippen LogP contribution in [0.25, 0.3) is 0 Å². The van der Waals surface area contributed by atoms with Crippen LogP contribution in [0.2, 0.25) is 0 Å². The van der Waals surface area contributed by atoms with E-state index in [0.717, 1.165) is 30.8 Å². The SMILES string of the molecule is CC1(c2ccc3c(c2)OCCO3)CCC(O)C1. The molecule has 0 radical (unpaired) electrons. The molecule has 3 nitrogen and oxygen atoms in total. The number of ether oxygens (including phenoxy) is 2. The van der Waals surface area contributed by atoms with Crippen molar-refractivity contribution in [2.45, 2.75) is 37.7 Å². The molecule has 3 rings (SSSR count). The Kier molecular flexibility index (Phi) is 2.51. The molecule has 3 heteroatoms. The summed E-state index contributed by atoms with van der Waals surface area (Å²) in [6, 6.07) is 6.16. The van der Waals surface area contributed by atoms with E-state index in [1.165, 1.54) is 5.56 Å². The summed E-state index contributed by atoms with van der Waals surface area (Å²) in [5.41, 5.74) is 1.33. The van der Waals surface area contributed by atoms with Crippen LogP contribution in [0.4, 0.5) is 0 Å². The van der Waals surface area contributed by atoms with Gasteiger partial charge in [0.25, 0.3) is 0 Å². The van der Waals surface area contributed by atoms with Gasteiger partial charge in [-0.25, -0.2) is 0 Å². The molecule has 0 aromatic heterocycles. The van der Waals surface area contributed by atoms with Gasteiger partial charge in [0.05, 0.1) is 6.10 Å². The fraction of sp³-hybridized carbons (Fsp3) is 0.571. The number of benzene rings is 1. The third kappa shape index (κ3) is 1.89. The molecule has 1 aliphatic carbocycles.